The maximum absolute atomic E-state index is 14.8. The van der Waals surface area contributed by atoms with Crippen molar-refractivity contribution >= 4 is 20.9 Å². The van der Waals surface area contributed by atoms with Gasteiger partial charge in [0.1, 0.15) is 11.6 Å². The van der Waals surface area contributed by atoms with Gasteiger partial charge in [-0.3, -0.25) is 4.90 Å². The fourth-order valence-electron chi connectivity index (χ4n) is 6.05. The minimum atomic E-state index is -3.26. The fraction of sp³-hybridized carbons (Fsp3) is 0.387. The molecule has 0 unspecified atom stereocenters. The van der Waals surface area contributed by atoms with Gasteiger partial charge in [0, 0.05) is 31.5 Å². The van der Waals surface area contributed by atoms with Crippen molar-refractivity contribution in [2.45, 2.75) is 43.7 Å². The average molecular weight is 547 g/mol. The summed E-state index contributed by atoms with van der Waals surface area (Å²) in [7, 11) is -1.31. The zero-order chi connectivity index (χ0) is 27.3. The van der Waals surface area contributed by atoms with Crippen LogP contribution in [0.2, 0.25) is 0 Å². The Kier molecular flexibility index (Phi) is 6.81. The highest BCUT2D eigenvalue weighted by Gasteiger charge is 2.27. The van der Waals surface area contributed by atoms with E-state index in [2.05, 4.69) is 28.0 Å². The summed E-state index contributed by atoms with van der Waals surface area (Å²) in [5.41, 5.74) is 6.51. The highest BCUT2D eigenvalue weighted by molar-refractivity contribution is 7.90. The number of nitrogens with zero attached hydrogens (tertiary/aromatic N) is 4. The first-order valence-corrected chi connectivity index (χ1v) is 15.6. The lowest BCUT2D eigenvalue weighted by Crippen LogP contribution is -2.50. The van der Waals surface area contributed by atoms with Crippen LogP contribution in [-0.4, -0.2) is 66.2 Å². The summed E-state index contributed by atoms with van der Waals surface area (Å²) in [6.07, 6.45) is 4.92. The molecule has 3 aromatic carbocycles. The van der Waals surface area contributed by atoms with Gasteiger partial charge in [-0.1, -0.05) is 0 Å². The predicted molar refractivity (Wildman–Crippen MR) is 154 cm³/mol. The molecule has 2 aliphatic rings. The summed E-state index contributed by atoms with van der Waals surface area (Å²) in [6.45, 7) is 7.39. The number of aromatic nitrogens is 2. The molecule has 0 atom stereocenters. The normalized spacial score (nSPS) is 17.5. The number of hydrogen-bond donors (Lipinski definition) is 0. The third kappa shape index (κ3) is 5.25. The molecule has 8 heteroatoms. The van der Waals surface area contributed by atoms with Crippen LogP contribution in [0, 0.1) is 12.7 Å². The van der Waals surface area contributed by atoms with Gasteiger partial charge in [-0.25, -0.2) is 17.8 Å². The smallest absolute Gasteiger partial charge is 0.175 e. The van der Waals surface area contributed by atoms with E-state index >= 15 is 0 Å². The van der Waals surface area contributed by atoms with Gasteiger partial charge >= 0.3 is 0 Å². The summed E-state index contributed by atoms with van der Waals surface area (Å²) in [5.74, 6) is 0.541. The van der Waals surface area contributed by atoms with Crippen molar-refractivity contribution < 1.29 is 12.8 Å². The molecule has 39 heavy (non-hydrogen) atoms. The summed E-state index contributed by atoms with van der Waals surface area (Å²) in [5, 5.41) is 0. The van der Waals surface area contributed by atoms with E-state index in [4.69, 9.17) is 4.98 Å². The lowest BCUT2D eigenvalue weighted by Gasteiger charge is -2.43. The van der Waals surface area contributed by atoms with Crippen LogP contribution in [0.25, 0.3) is 33.5 Å². The Morgan fingerprint density at radius 2 is 1.62 bits per heavy atom. The molecule has 0 N–H and O–H groups in total. The number of piperidine rings is 1. The number of fused-ring (bicyclic) bond motifs is 1. The lowest BCUT2D eigenvalue weighted by atomic mass is 9.98. The van der Waals surface area contributed by atoms with Crippen LogP contribution in [0.1, 0.15) is 30.4 Å². The molecule has 1 aromatic heterocycles. The van der Waals surface area contributed by atoms with Crippen molar-refractivity contribution in [3.05, 3.63) is 71.5 Å². The molecule has 0 bridgehead atoms. The molecule has 2 aliphatic heterocycles. The molecule has 2 saturated heterocycles. The largest absolute Gasteiger partial charge is 0.327 e. The highest BCUT2D eigenvalue weighted by Crippen LogP contribution is 2.32. The van der Waals surface area contributed by atoms with Gasteiger partial charge in [0.2, 0.25) is 0 Å². The molecule has 204 valence electrons. The molecule has 0 amide bonds. The molecule has 3 heterocycles. The van der Waals surface area contributed by atoms with E-state index in [1.54, 1.807) is 36.4 Å². The minimum Gasteiger partial charge on any atom is -0.327 e. The van der Waals surface area contributed by atoms with Crippen LogP contribution < -0.4 is 0 Å². The Labute approximate surface area is 230 Å². The van der Waals surface area contributed by atoms with Crippen molar-refractivity contribution in [3.63, 3.8) is 0 Å². The van der Waals surface area contributed by atoms with Crippen LogP contribution in [0.5, 0.6) is 0 Å². The molecule has 0 radical (unpaired) electrons. The number of hydrogen-bond acceptors (Lipinski definition) is 5. The first-order chi connectivity index (χ1) is 18.7. The standard InChI is InChI=1S/C31H35FN4O2S/c1-21-15-24(19-29-30(21)33-31(34(29)2)23-5-7-28(8-6-23)39(3,37)38)25-16-22(17-26(32)18-25)20-35-13-9-27(10-14-35)36-11-4-12-36/h5-8,15-19,27H,4,9-14,20H2,1-3H3. The van der Waals surface area contributed by atoms with Gasteiger partial charge in [0.15, 0.2) is 9.84 Å². The van der Waals surface area contributed by atoms with E-state index in [1.165, 1.54) is 38.6 Å². The van der Waals surface area contributed by atoms with Crippen LogP contribution in [0.3, 0.4) is 0 Å². The van der Waals surface area contributed by atoms with Crippen LogP contribution in [0.15, 0.2) is 59.5 Å². The maximum atomic E-state index is 14.8. The van der Waals surface area contributed by atoms with Crippen molar-refractivity contribution in [2.75, 3.05) is 32.4 Å². The van der Waals surface area contributed by atoms with Crippen LogP contribution in [0.4, 0.5) is 4.39 Å². The molecule has 6 rings (SSSR count). The second kappa shape index (κ2) is 10.2. The fourth-order valence-corrected chi connectivity index (χ4v) is 6.68. The molecular weight excluding hydrogens is 511 g/mol. The SMILES string of the molecule is Cc1cc(-c2cc(F)cc(CN3CCC(N4CCC4)CC3)c2)cc2c1nc(-c1ccc(S(C)(=O)=O)cc1)n2C. The Balaban J connectivity index is 1.27. The highest BCUT2D eigenvalue weighted by atomic mass is 32.2. The summed E-state index contributed by atoms with van der Waals surface area (Å²) in [6, 6.07) is 17.1. The molecule has 0 aliphatic carbocycles. The Morgan fingerprint density at radius 3 is 2.26 bits per heavy atom. The van der Waals surface area contributed by atoms with E-state index in [9.17, 15) is 12.8 Å². The van der Waals surface area contributed by atoms with Crippen LogP contribution in [-0.2, 0) is 23.4 Å². The number of imidazole rings is 1. The minimum absolute atomic E-state index is 0.215. The van der Waals surface area contributed by atoms with Crippen molar-refractivity contribution in [1.82, 2.24) is 19.4 Å². The first-order valence-electron chi connectivity index (χ1n) is 13.7. The quantitative estimate of drug-likeness (QED) is 0.323. The number of sulfone groups is 1. The van der Waals surface area contributed by atoms with Gasteiger partial charge < -0.3 is 9.47 Å². The Morgan fingerprint density at radius 1 is 0.923 bits per heavy atom. The van der Waals surface area contributed by atoms with Gasteiger partial charge in [-0.15, -0.1) is 0 Å². The molecular formula is C31H35FN4O2S. The number of aryl methyl sites for hydroxylation is 2. The number of halogens is 1. The second-order valence-electron chi connectivity index (χ2n) is 11.2. The van der Waals surface area contributed by atoms with Gasteiger partial charge in [-0.05, 0) is 129 Å². The van der Waals surface area contributed by atoms with Gasteiger partial charge in [0.05, 0.1) is 15.9 Å². The van der Waals surface area contributed by atoms with E-state index in [1.807, 2.05) is 18.5 Å². The number of likely N-dealkylation sites (tertiary alicyclic amines) is 2. The van der Waals surface area contributed by atoms with Crippen molar-refractivity contribution in [2.24, 2.45) is 7.05 Å². The lowest BCUT2D eigenvalue weighted by molar-refractivity contribution is 0.0612. The molecule has 0 spiro atoms. The number of benzene rings is 3. The molecule has 0 saturated carbocycles. The summed E-state index contributed by atoms with van der Waals surface area (Å²) in [4.78, 5) is 10.2. The predicted octanol–water partition coefficient (Wildman–Crippen LogP) is 5.43. The van der Waals surface area contributed by atoms with Crippen molar-refractivity contribution in [3.8, 4) is 22.5 Å². The first kappa shape index (κ1) is 26.2. The molecule has 6 nitrogen and oxygen atoms in total. The molecule has 2 fully saturated rings. The Hall–Kier alpha value is -3.07. The van der Waals surface area contributed by atoms with E-state index < -0.39 is 9.84 Å². The average Bonchev–Trinajstić information content (AvgIpc) is 3.20. The van der Waals surface area contributed by atoms with Gasteiger partial charge in [-0.2, -0.15) is 0 Å². The topological polar surface area (TPSA) is 58.4 Å². The van der Waals surface area contributed by atoms with E-state index in [0.29, 0.717) is 6.04 Å². The summed E-state index contributed by atoms with van der Waals surface area (Å²) < 4.78 is 40.6. The maximum Gasteiger partial charge on any atom is 0.175 e. The molecule has 4 aromatic rings. The van der Waals surface area contributed by atoms with E-state index in [0.717, 1.165) is 64.3 Å². The van der Waals surface area contributed by atoms with Crippen LogP contribution >= 0.6 is 0 Å². The zero-order valence-corrected chi connectivity index (χ0v) is 23.6. The van der Waals surface area contributed by atoms with Crippen molar-refractivity contribution in [1.29, 1.82) is 0 Å². The van der Waals surface area contributed by atoms with Gasteiger partial charge in [0.25, 0.3) is 0 Å². The second-order valence-corrected chi connectivity index (χ2v) is 13.2. The number of rotatable bonds is 6. The third-order valence-corrected chi connectivity index (χ3v) is 9.51. The third-order valence-electron chi connectivity index (χ3n) is 8.38. The van der Waals surface area contributed by atoms with E-state index in [-0.39, 0.29) is 10.7 Å². The zero-order valence-electron chi connectivity index (χ0n) is 22.8. The summed E-state index contributed by atoms with van der Waals surface area (Å²) >= 11 is 0. The monoisotopic (exact) mass is 546 g/mol. The Bertz CT molecular complexity index is 1630.